The van der Waals surface area contributed by atoms with Crippen molar-refractivity contribution in [3.05, 3.63) is 237 Å². The van der Waals surface area contributed by atoms with Crippen molar-refractivity contribution in [2.24, 2.45) is 0 Å². The fraction of sp³-hybridized carbons (Fsp3) is 0. The summed E-state index contributed by atoms with van der Waals surface area (Å²) in [7, 11) is 0. The van der Waals surface area contributed by atoms with Gasteiger partial charge < -0.3 is 18.8 Å². The van der Waals surface area contributed by atoms with Crippen molar-refractivity contribution >= 4 is 109 Å². The maximum absolute atomic E-state index is 6.23. The first kappa shape index (κ1) is 37.2. The highest BCUT2D eigenvalue weighted by Crippen LogP contribution is 2.45. The summed E-state index contributed by atoms with van der Waals surface area (Å²) in [5.41, 5.74) is 14.0. The lowest BCUT2D eigenvalue weighted by molar-refractivity contribution is 0.669. The number of hydrogen-bond donors (Lipinski definition) is 0. The maximum atomic E-state index is 6.23. The molecule has 13 rings (SSSR count). The molecule has 306 valence electrons. The van der Waals surface area contributed by atoms with Gasteiger partial charge in [0.2, 0.25) is 0 Å². The Morgan fingerprint density at radius 1 is 0.308 bits per heavy atom. The van der Waals surface area contributed by atoms with Crippen LogP contribution in [0.4, 0.5) is 34.1 Å². The average molecular weight is 850 g/mol. The molecule has 0 aliphatic heterocycles. The molecule has 4 nitrogen and oxygen atoms in total. The molecule has 0 fully saturated rings. The SMILES string of the molecule is c1ccc(N(c2ccccc2)c2cccc(N(c3ccc4sc5ccccc5c4c3)c3ccc4c(c3)c3cc(-c5ccc6oc7ccccc7c6c5)ccc3n4-c3ccccc3)c2)cc1. The van der Waals surface area contributed by atoms with Crippen molar-refractivity contribution in [3.63, 3.8) is 0 Å². The van der Waals surface area contributed by atoms with Crippen LogP contribution in [0.25, 0.3) is 80.7 Å². The van der Waals surface area contributed by atoms with Gasteiger partial charge in [0, 0.05) is 81.5 Å². The minimum Gasteiger partial charge on any atom is -0.456 e. The lowest BCUT2D eigenvalue weighted by Gasteiger charge is -2.29. The van der Waals surface area contributed by atoms with E-state index in [0.717, 1.165) is 83.9 Å². The first-order valence-electron chi connectivity index (χ1n) is 22.0. The quantitative estimate of drug-likeness (QED) is 0.152. The van der Waals surface area contributed by atoms with Crippen LogP contribution < -0.4 is 9.80 Å². The largest absolute Gasteiger partial charge is 0.456 e. The van der Waals surface area contributed by atoms with Crippen molar-refractivity contribution in [1.82, 2.24) is 4.57 Å². The Morgan fingerprint density at radius 3 is 1.54 bits per heavy atom. The van der Waals surface area contributed by atoms with E-state index in [4.69, 9.17) is 4.42 Å². The lowest BCUT2D eigenvalue weighted by Crippen LogP contribution is -2.13. The Bertz CT molecular complexity index is 3870. The molecular formula is C60H39N3OS. The van der Waals surface area contributed by atoms with Crippen LogP contribution in [-0.2, 0) is 0 Å². The number of anilines is 6. The van der Waals surface area contributed by atoms with E-state index < -0.39 is 0 Å². The molecule has 5 heteroatoms. The predicted molar refractivity (Wildman–Crippen MR) is 276 cm³/mol. The molecular weight excluding hydrogens is 811 g/mol. The van der Waals surface area contributed by atoms with Crippen LogP contribution in [0.1, 0.15) is 0 Å². The van der Waals surface area contributed by atoms with Gasteiger partial charge in [0.25, 0.3) is 0 Å². The Hall–Kier alpha value is -8.38. The topological polar surface area (TPSA) is 24.6 Å². The third-order valence-electron chi connectivity index (χ3n) is 12.7. The second-order valence-electron chi connectivity index (χ2n) is 16.6. The smallest absolute Gasteiger partial charge is 0.135 e. The number of furan rings is 1. The first-order valence-corrected chi connectivity index (χ1v) is 22.8. The van der Waals surface area contributed by atoms with Crippen LogP contribution in [0, 0.1) is 0 Å². The summed E-state index contributed by atoms with van der Waals surface area (Å²) in [6.45, 7) is 0. The zero-order valence-corrected chi connectivity index (χ0v) is 36.0. The number of thiophene rings is 1. The van der Waals surface area contributed by atoms with Crippen molar-refractivity contribution in [2.75, 3.05) is 9.80 Å². The fourth-order valence-electron chi connectivity index (χ4n) is 9.76. The van der Waals surface area contributed by atoms with Crippen LogP contribution in [0.3, 0.4) is 0 Å². The molecule has 0 N–H and O–H groups in total. The third-order valence-corrected chi connectivity index (χ3v) is 13.9. The van der Waals surface area contributed by atoms with Gasteiger partial charge in [-0.25, -0.2) is 0 Å². The highest BCUT2D eigenvalue weighted by Gasteiger charge is 2.21. The number of rotatable bonds is 8. The van der Waals surface area contributed by atoms with Gasteiger partial charge in [0.1, 0.15) is 11.2 Å². The number of aromatic nitrogens is 1. The van der Waals surface area contributed by atoms with Crippen molar-refractivity contribution in [1.29, 1.82) is 0 Å². The molecule has 0 saturated carbocycles. The second-order valence-corrected chi connectivity index (χ2v) is 17.6. The molecule has 3 aromatic heterocycles. The van der Waals surface area contributed by atoms with Gasteiger partial charge in [-0.1, -0.05) is 109 Å². The molecule has 0 unspecified atom stereocenters. The third kappa shape index (κ3) is 6.28. The molecule has 0 bridgehead atoms. The van der Waals surface area contributed by atoms with Gasteiger partial charge >= 0.3 is 0 Å². The van der Waals surface area contributed by atoms with E-state index in [9.17, 15) is 0 Å². The summed E-state index contributed by atoms with van der Waals surface area (Å²) in [5.74, 6) is 0. The van der Waals surface area contributed by atoms with Gasteiger partial charge in [0.15, 0.2) is 0 Å². The average Bonchev–Trinajstić information content (AvgIpc) is 4.04. The molecule has 0 radical (unpaired) electrons. The van der Waals surface area contributed by atoms with Crippen LogP contribution in [-0.4, -0.2) is 4.57 Å². The summed E-state index contributed by atoms with van der Waals surface area (Å²) in [6, 6.07) is 85.3. The number of hydrogen-bond acceptors (Lipinski definition) is 4. The highest BCUT2D eigenvalue weighted by molar-refractivity contribution is 7.25. The van der Waals surface area contributed by atoms with E-state index >= 15 is 0 Å². The van der Waals surface area contributed by atoms with Crippen molar-refractivity contribution < 1.29 is 4.42 Å². The number of fused-ring (bicyclic) bond motifs is 9. The number of benzene rings is 10. The molecule has 0 saturated heterocycles. The Labute approximate surface area is 379 Å². The fourth-order valence-corrected chi connectivity index (χ4v) is 10.9. The highest BCUT2D eigenvalue weighted by atomic mass is 32.1. The summed E-state index contributed by atoms with van der Waals surface area (Å²) in [4.78, 5) is 4.76. The van der Waals surface area contributed by atoms with Crippen LogP contribution in [0.15, 0.2) is 241 Å². The summed E-state index contributed by atoms with van der Waals surface area (Å²) in [5, 5.41) is 7.15. The molecule has 13 aromatic rings. The first-order chi connectivity index (χ1) is 32.2. The molecule has 10 aromatic carbocycles. The van der Waals surface area contributed by atoms with Crippen LogP contribution >= 0.6 is 11.3 Å². The van der Waals surface area contributed by atoms with E-state index in [1.54, 1.807) is 0 Å². The van der Waals surface area contributed by atoms with Gasteiger partial charge in [-0.05, 0) is 139 Å². The zero-order valence-electron chi connectivity index (χ0n) is 35.2. The second kappa shape index (κ2) is 15.2. The minimum absolute atomic E-state index is 0.898. The Balaban J connectivity index is 1.04. The molecule has 0 amide bonds. The van der Waals surface area contributed by atoms with E-state index in [1.165, 1.54) is 30.9 Å². The van der Waals surface area contributed by atoms with E-state index in [-0.39, 0.29) is 0 Å². The lowest BCUT2D eigenvalue weighted by atomic mass is 10.0. The van der Waals surface area contributed by atoms with Crippen LogP contribution in [0.2, 0.25) is 0 Å². The van der Waals surface area contributed by atoms with E-state index in [1.807, 2.05) is 23.5 Å². The maximum Gasteiger partial charge on any atom is 0.135 e. The van der Waals surface area contributed by atoms with Gasteiger partial charge in [-0.3, -0.25) is 0 Å². The van der Waals surface area contributed by atoms with E-state index in [2.05, 4.69) is 239 Å². The van der Waals surface area contributed by atoms with Gasteiger partial charge in [0.05, 0.1) is 11.0 Å². The van der Waals surface area contributed by atoms with Gasteiger partial charge in [-0.2, -0.15) is 0 Å². The molecule has 0 spiro atoms. The Kier molecular flexibility index (Phi) is 8.68. The Morgan fingerprint density at radius 2 is 0.800 bits per heavy atom. The molecule has 0 aliphatic rings. The normalized spacial score (nSPS) is 11.7. The zero-order chi connectivity index (χ0) is 42.8. The van der Waals surface area contributed by atoms with Crippen molar-refractivity contribution in [3.8, 4) is 16.8 Å². The van der Waals surface area contributed by atoms with E-state index in [0.29, 0.717) is 0 Å². The molecule has 0 atom stereocenters. The summed E-state index contributed by atoms with van der Waals surface area (Å²) < 4.78 is 11.2. The van der Waals surface area contributed by atoms with Gasteiger partial charge in [-0.15, -0.1) is 11.3 Å². The predicted octanol–water partition coefficient (Wildman–Crippen LogP) is 17.7. The van der Waals surface area contributed by atoms with Crippen molar-refractivity contribution in [2.45, 2.75) is 0 Å². The summed E-state index contributed by atoms with van der Waals surface area (Å²) >= 11 is 1.85. The summed E-state index contributed by atoms with van der Waals surface area (Å²) in [6.07, 6.45) is 0. The minimum atomic E-state index is 0.898. The number of nitrogens with zero attached hydrogens (tertiary/aromatic N) is 3. The van der Waals surface area contributed by atoms with Crippen LogP contribution in [0.5, 0.6) is 0 Å². The monoisotopic (exact) mass is 849 g/mol. The molecule has 3 heterocycles. The molecule has 65 heavy (non-hydrogen) atoms. The number of para-hydroxylation sites is 4. The standard InChI is InChI=1S/C60H39N3OS/c1-4-15-42(16-5-1)61(43-17-6-2-7-18-43)45-21-14-22-46(37-45)62(48-30-34-60-54(39-48)50-24-11-13-26-59(50)65-60)47-29-32-56-52(38-47)51-35-40(27-31-55(51)63(56)44-19-8-3-9-20-44)41-28-33-58-53(36-41)49-23-10-12-25-57(49)64-58/h1-39H. The molecule has 0 aliphatic carbocycles.